The van der Waals surface area contributed by atoms with Crippen LogP contribution < -0.4 is 10.6 Å². The van der Waals surface area contributed by atoms with Crippen molar-refractivity contribution in [3.8, 4) is 0 Å². The van der Waals surface area contributed by atoms with Gasteiger partial charge in [0.15, 0.2) is 0 Å². The van der Waals surface area contributed by atoms with Gasteiger partial charge in [-0.05, 0) is 40.5 Å². The lowest BCUT2D eigenvalue weighted by Gasteiger charge is -2.11. The lowest BCUT2D eigenvalue weighted by molar-refractivity contribution is 0.0697. The predicted molar refractivity (Wildman–Crippen MR) is 86.3 cm³/mol. The van der Waals surface area contributed by atoms with Crippen LogP contribution in [-0.2, 0) is 10.8 Å². The summed E-state index contributed by atoms with van der Waals surface area (Å²) in [5, 5.41) is 14.1. The quantitative estimate of drug-likeness (QED) is 0.710. The maximum atomic E-state index is 11.7. The Morgan fingerprint density at radius 2 is 2.10 bits per heavy atom. The number of hydrogen-bond donors (Lipinski definition) is 3. The van der Waals surface area contributed by atoms with Gasteiger partial charge in [-0.1, -0.05) is 6.92 Å². The van der Waals surface area contributed by atoms with E-state index in [1.807, 2.05) is 6.92 Å². The first-order valence-corrected chi connectivity index (χ1v) is 8.62. The number of halogens is 1. The van der Waals surface area contributed by atoms with Crippen molar-refractivity contribution in [3.63, 3.8) is 0 Å². The van der Waals surface area contributed by atoms with E-state index >= 15 is 0 Å². The summed E-state index contributed by atoms with van der Waals surface area (Å²) < 4.78 is 11.8. The van der Waals surface area contributed by atoms with E-state index in [0.29, 0.717) is 23.1 Å². The molecule has 0 aliphatic heterocycles. The maximum absolute atomic E-state index is 11.7. The number of carbonyl (C=O) groups excluding carboxylic acids is 1. The molecule has 0 aromatic heterocycles. The van der Waals surface area contributed by atoms with Crippen LogP contribution in [-0.4, -0.2) is 39.4 Å². The van der Waals surface area contributed by atoms with Crippen molar-refractivity contribution in [1.29, 1.82) is 0 Å². The second-order valence-electron chi connectivity index (χ2n) is 4.48. The minimum Gasteiger partial charge on any atom is -0.478 e. The van der Waals surface area contributed by atoms with Crippen LogP contribution in [0.3, 0.4) is 0 Å². The van der Waals surface area contributed by atoms with Crippen molar-refractivity contribution in [3.05, 3.63) is 28.2 Å². The average molecular weight is 377 g/mol. The van der Waals surface area contributed by atoms with Gasteiger partial charge in [-0.15, -0.1) is 0 Å². The van der Waals surface area contributed by atoms with Crippen LogP contribution in [0.25, 0.3) is 0 Å². The van der Waals surface area contributed by atoms with Gasteiger partial charge in [0.05, 0.1) is 11.3 Å². The molecule has 0 saturated carbocycles. The zero-order valence-electron chi connectivity index (χ0n) is 11.7. The highest BCUT2D eigenvalue weighted by molar-refractivity contribution is 9.10. The standard InChI is InChI=1S/C13H17BrN2O4S/c1-8(21(2)20)5-6-15-13(19)16-11-7-9(12(17)18)3-4-10(11)14/h3-4,7-8H,5-6H2,1-2H3,(H,17,18)(H2,15,16,19). The van der Waals surface area contributed by atoms with Gasteiger partial charge >= 0.3 is 12.0 Å². The fourth-order valence-electron chi connectivity index (χ4n) is 1.48. The first kappa shape index (κ1) is 17.6. The highest BCUT2D eigenvalue weighted by Crippen LogP contribution is 2.23. The molecule has 1 aromatic carbocycles. The molecule has 21 heavy (non-hydrogen) atoms. The third-order valence-corrected chi connectivity index (χ3v) is 4.93. The Balaban J connectivity index is 2.57. The first-order chi connectivity index (χ1) is 9.81. The number of carboxylic acids is 1. The Hall–Kier alpha value is -1.41. The Bertz CT molecular complexity index is 565. The largest absolute Gasteiger partial charge is 0.478 e. The molecule has 0 fully saturated rings. The zero-order chi connectivity index (χ0) is 16.0. The molecule has 116 valence electrons. The Labute approximate surface area is 133 Å². The predicted octanol–water partition coefficient (Wildman–Crippen LogP) is 2.43. The van der Waals surface area contributed by atoms with E-state index in [0.717, 1.165) is 0 Å². The van der Waals surface area contributed by atoms with Gasteiger partial charge in [-0.3, -0.25) is 4.21 Å². The third-order valence-electron chi connectivity index (χ3n) is 2.86. The zero-order valence-corrected chi connectivity index (χ0v) is 14.1. The molecule has 2 amide bonds. The maximum Gasteiger partial charge on any atom is 0.335 e. The fraction of sp³-hybridized carbons (Fsp3) is 0.385. The van der Waals surface area contributed by atoms with Crippen LogP contribution in [0, 0.1) is 0 Å². The summed E-state index contributed by atoms with van der Waals surface area (Å²) in [6.07, 6.45) is 2.23. The van der Waals surface area contributed by atoms with Crippen LogP contribution >= 0.6 is 15.9 Å². The lowest BCUT2D eigenvalue weighted by Crippen LogP contribution is -2.31. The van der Waals surface area contributed by atoms with Crippen molar-refractivity contribution in [2.75, 3.05) is 18.1 Å². The number of hydrogen-bond acceptors (Lipinski definition) is 3. The molecular formula is C13H17BrN2O4S. The van der Waals surface area contributed by atoms with Gasteiger partial charge in [0.2, 0.25) is 0 Å². The monoisotopic (exact) mass is 376 g/mol. The molecule has 1 aromatic rings. The molecule has 2 atom stereocenters. The molecule has 3 N–H and O–H groups in total. The molecule has 0 spiro atoms. The normalized spacial score (nSPS) is 13.3. The van der Waals surface area contributed by atoms with E-state index < -0.39 is 22.8 Å². The molecule has 1 rings (SSSR count). The van der Waals surface area contributed by atoms with Crippen molar-refractivity contribution < 1.29 is 18.9 Å². The molecule has 0 heterocycles. The van der Waals surface area contributed by atoms with E-state index in [4.69, 9.17) is 5.11 Å². The van der Waals surface area contributed by atoms with Crippen LogP contribution in [0.2, 0.25) is 0 Å². The third kappa shape index (κ3) is 5.84. The minimum absolute atomic E-state index is 0.00683. The molecule has 2 unspecified atom stereocenters. The molecule has 0 saturated heterocycles. The van der Waals surface area contributed by atoms with E-state index in [1.165, 1.54) is 12.1 Å². The Morgan fingerprint density at radius 1 is 1.43 bits per heavy atom. The highest BCUT2D eigenvalue weighted by atomic mass is 79.9. The summed E-state index contributed by atoms with van der Waals surface area (Å²) in [6, 6.07) is 3.93. The lowest BCUT2D eigenvalue weighted by atomic mass is 10.2. The molecular weight excluding hydrogens is 360 g/mol. The summed E-state index contributed by atoms with van der Waals surface area (Å²) in [5.41, 5.74) is 0.461. The summed E-state index contributed by atoms with van der Waals surface area (Å²) in [6.45, 7) is 2.24. The van der Waals surface area contributed by atoms with Gasteiger partial charge in [0, 0.05) is 33.3 Å². The van der Waals surface area contributed by atoms with Crippen LogP contribution in [0.4, 0.5) is 10.5 Å². The number of nitrogens with one attached hydrogen (secondary N) is 2. The van der Waals surface area contributed by atoms with E-state index in [9.17, 15) is 13.8 Å². The SMILES string of the molecule is CC(CCNC(=O)Nc1cc(C(=O)O)ccc1Br)S(C)=O. The summed E-state index contributed by atoms with van der Waals surface area (Å²) in [5.74, 6) is -1.06. The van der Waals surface area contributed by atoms with E-state index in [1.54, 1.807) is 12.3 Å². The number of urea groups is 1. The van der Waals surface area contributed by atoms with Crippen molar-refractivity contribution >= 4 is 44.4 Å². The number of anilines is 1. The fourth-order valence-corrected chi connectivity index (χ4v) is 2.27. The Kier molecular flexibility index (Phi) is 6.83. The number of carboxylic acid groups (broad SMARTS) is 1. The van der Waals surface area contributed by atoms with Gasteiger partial charge in [-0.2, -0.15) is 0 Å². The summed E-state index contributed by atoms with van der Waals surface area (Å²) in [7, 11) is -0.919. The van der Waals surface area contributed by atoms with Gasteiger partial charge < -0.3 is 15.7 Å². The summed E-state index contributed by atoms with van der Waals surface area (Å²) >= 11 is 3.24. The summed E-state index contributed by atoms with van der Waals surface area (Å²) in [4.78, 5) is 22.6. The number of amides is 2. The van der Waals surface area contributed by atoms with E-state index in [-0.39, 0.29) is 10.8 Å². The van der Waals surface area contributed by atoms with Crippen molar-refractivity contribution in [2.24, 2.45) is 0 Å². The molecule has 0 bridgehead atoms. The van der Waals surface area contributed by atoms with Crippen molar-refractivity contribution in [2.45, 2.75) is 18.6 Å². The molecule has 0 radical (unpaired) electrons. The number of aromatic carboxylic acids is 1. The van der Waals surface area contributed by atoms with Crippen LogP contribution in [0.1, 0.15) is 23.7 Å². The second-order valence-corrected chi connectivity index (χ2v) is 7.13. The highest BCUT2D eigenvalue weighted by Gasteiger charge is 2.10. The molecule has 0 aliphatic carbocycles. The van der Waals surface area contributed by atoms with Crippen molar-refractivity contribution in [1.82, 2.24) is 5.32 Å². The Morgan fingerprint density at radius 3 is 2.67 bits per heavy atom. The van der Waals surface area contributed by atoms with E-state index in [2.05, 4.69) is 26.6 Å². The molecule has 0 aliphatic rings. The van der Waals surface area contributed by atoms with Gasteiger partial charge in [0.1, 0.15) is 0 Å². The second kappa shape index (κ2) is 8.14. The van der Waals surface area contributed by atoms with Gasteiger partial charge in [-0.25, -0.2) is 9.59 Å². The molecule has 6 nitrogen and oxygen atoms in total. The number of carbonyl (C=O) groups is 2. The molecule has 8 heteroatoms. The first-order valence-electron chi connectivity index (χ1n) is 6.21. The smallest absolute Gasteiger partial charge is 0.335 e. The number of benzene rings is 1. The minimum atomic E-state index is -1.06. The average Bonchev–Trinajstić information content (AvgIpc) is 2.40. The topological polar surface area (TPSA) is 95.5 Å². The van der Waals surface area contributed by atoms with Crippen LogP contribution in [0.15, 0.2) is 22.7 Å². The van der Waals surface area contributed by atoms with Crippen LogP contribution in [0.5, 0.6) is 0 Å². The number of rotatable bonds is 6. The van der Waals surface area contributed by atoms with Gasteiger partial charge in [0.25, 0.3) is 0 Å².